The summed E-state index contributed by atoms with van der Waals surface area (Å²) in [4.78, 5) is 47.3. The third kappa shape index (κ3) is 5.17. The number of hydrogen-bond donors (Lipinski definition) is 1. The maximum absolute atomic E-state index is 12.1. The van der Waals surface area contributed by atoms with E-state index in [2.05, 4.69) is 30.7 Å². The number of benzene rings is 1. The number of ether oxygens (including phenoxy) is 3. The van der Waals surface area contributed by atoms with Gasteiger partial charge in [-0.3, -0.25) is 4.79 Å². The minimum Gasteiger partial charge on any atom is -0.465 e. The van der Waals surface area contributed by atoms with Gasteiger partial charge in [0.25, 0.3) is 5.91 Å². The molecule has 0 bridgehead atoms. The summed E-state index contributed by atoms with van der Waals surface area (Å²) in [6, 6.07) is 6.78. The summed E-state index contributed by atoms with van der Waals surface area (Å²) in [7, 11) is 2.37. The first kappa shape index (κ1) is 20.2. The number of nitrogens with one attached hydrogen (secondary N) is 1. The molecule has 10 heteroatoms. The zero-order valence-corrected chi connectivity index (χ0v) is 15.8. The number of halogens is 1. The van der Waals surface area contributed by atoms with Crippen LogP contribution in [0.5, 0.6) is 0 Å². The van der Waals surface area contributed by atoms with Crippen molar-refractivity contribution in [2.75, 3.05) is 26.1 Å². The fourth-order valence-electron chi connectivity index (χ4n) is 1.99. The Kier molecular flexibility index (Phi) is 6.72. The van der Waals surface area contributed by atoms with Crippen molar-refractivity contribution in [1.82, 2.24) is 0 Å². The lowest BCUT2D eigenvalue weighted by Gasteiger charge is -2.11. The standard InChI is InChI=1S/C17H14BrNO8/c1-24-15(21)9-3-4-10(16(22)25-2)11(7-9)19-14(20)8-26-17(23)12-5-6-13(18)27-12/h3-7H,8H2,1-2H3,(H,19,20). The van der Waals surface area contributed by atoms with Gasteiger partial charge in [-0.25, -0.2) is 14.4 Å². The van der Waals surface area contributed by atoms with Crippen LogP contribution in [-0.4, -0.2) is 44.6 Å². The topological polar surface area (TPSA) is 121 Å². The first-order valence-corrected chi connectivity index (χ1v) is 8.18. The van der Waals surface area contributed by atoms with Crippen molar-refractivity contribution in [2.45, 2.75) is 0 Å². The highest BCUT2D eigenvalue weighted by Gasteiger charge is 2.19. The van der Waals surface area contributed by atoms with Crippen LogP contribution >= 0.6 is 15.9 Å². The maximum atomic E-state index is 12.1. The third-order valence-electron chi connectivity index (χ3n) is 3.23. The molecule has 1 amide bonds. The van der Waals surface area contributed by atoms with Crippen molar-refractivity contribution in [2.24, 2.45) is 0 Å². The molecule has 1 aromatic heterocycles. The summed E-state index contributed by atoms with van der Waals surface area (Å²) < 4.78 is 19.4. The van der Waals surface area contributed by atoms with E-state index in [4.69, 9.17) is 9.15 Å². The fraction of sp³-hybridized carbons (Fsp3) is 0.176. The number of furan rings is 1. The Morgan fingerprint density at radius 2 is 1.70 bits per heavy atom. The van der Waals surface area contributed by atoms with Crippen molar-refractivity contribution >= 4 is 45.4 Å². The van der Waals surface area contributed by atoms with E-state index in [-0.39, 0.29) is 22.6 Å². The van der Waals surface area contributed by atoms with Crippen LogP contribution in [0, 0.1) is 0 Å². The smallest absolute Gasteiger partial charge is 0.374 e. The van der Waals surface area contributed by atoms with E-state index < -0.39 is 30.4 Å². The van der Waals surface area contributed by atoms with Crippen molar-refractivity contribution in [1.29, 1.82) is 0 Å². The highest BCUT2D eigenvalue weighted by Crippen LogP contribution is 2.20. The van der Waals surface area contributed by atoms with E-state index in [1.165, 1.54) is 44.6 Å². The van der Waals surface area contributed by atoms with Gasteiger partial charge in [-0.2, -0.15) is 0 Å². The number of esters is 3. The Labute approximate surface area is 161 Å². The highest BCUT2D eigenvalue weighted by atomic mass is 79.9. The molecular weight excluding hydrogens is 426 g/mol. The average molecular weight is 440 g/mol. The lowest BCUT2D eigenvalue weighted by Crippen LogP contribution is -2.22. The number of anilines is 1. The molecule has 1 aromatic carbocycles. The van der Waals surface area contributed by atoms with E-state index in [9.17, 15) is 19.2 Å². The SMILES string of the molecule is COC(=O)c1ccc(C(=O)OC)c(NC(=O)COC(=O)c2ccc(Br)o2)c1. The molecular formula is C17H14BrNO8. The van der Waals surface area contributed by atoms with Crippen molar-refractivity contribution in [3.05, 3.63) is 51.9 Å². The highest BCUT2D eigenvalue weighted by molar-refractivity contribution is 9.10. The summed E-state index contributed by atoms with van der Waals surface area (Å²) in [6.45, 7) is -0.639. The molecule has 0 unspecified atom stereocenters. The largest absolute Gasteiger partial charge is 0.465 e. The van der Waals surface area contributed by atoms with Gasteiger partial charge in [0, 0.05) is 0 Å². The molecule has 1 N–H and O–H groups in total. The van der Waals surface area contributed by atoms with Gasteiger partial charge < -0.3 is 23.9 Å². The van der Waals surface area contributed by atoms with Crippen LogP contribution in [0.4, 0.5) is 5.69 Å². The van der Waals surface area contributed by atoms with E-state index in [0.717, 1.165) is 0 Å². The predicted molar refractivity (Wildman–Crippen MR) is 94.4 cm³/mol. The van der Waals surface area contributed by atoms with Gasteiger partial charge in [-0.15, -0.1) is 0 Å². The summed E-state index contributed by atoms with van der Waals surface area (Å²) >= 11 is 3.04. The lowest BCUT2D eigenvalue weighted by atomic mass is 10.1. The van der Waals surface area contributed by atoms with Crippen LogP contribution in [0.2, 0.25) is 0 Å². The van der Waals surface area contributed by atoms with Gasteiger partial charge in [0.05, 0.1) is 31.0 Å². The van der Waals surface area contributed by atoms with E-state index in [1.807, 2.05) is 0 Å². The van der Waals surface area contributed by atoms with Crippen molar-refractivity contribution < 1.29 is 37.8 Å². The molecule has 142 valence electrons. The Bertz CT molecular complexity index is 889. The molecule has 0 aliphatic heterocycles. The van der Waals surface area contributed by atoms with Crippen molar-refractivity contribution in [3.8, 4) is 0 Å². The van der Waals surface area contributed by atoms with E-state index in [1.54, 1.807) is 0 Å². The molecule has 9 nitrogen and oxygen atoms in total. The Balaban J connectivity index is 2.11. The normalized spacial score (nSPS) is 10.0. The summed E-state index contributed by atoms with van der Waals surface area (Å²) in [5.74, 6) is -3.04. The fourth-order valence-corrected chi connectivity index (χ4v) is 2.30. The second-order valence-corrected chi connectivity index (χ2v) is 5.75. The van der Waals surface area contributed by atoms with Gasteiger partial charge in [-0.1, -0.05) is 0 Å². The van der Waals surface area contributed by atoms with Crippen molar-refractivity contribution in [3.63, 3.8) is 0 Å². The molecule has 0 saturated heterocycles. The molecule has 2 aromatic rings. The van der Waals surface area contributed by atoms with Crippen LogP contribution in [0.15, 0.2) is 39.4 Å². The second kappa shape index (κ2) is 8.99. The molecule has 0 radical (unpaired) electrons. The molecule has 0 spiro atoms. The molecule has 2 rings (SSSR count). The zero-order chi connectivity index (χ0) is 20.0. The van der Waals surface area contributed by atoms with Crippen LogP contribution < -0.4 is 5.32 Å². The van der Waals surface area contributed by atoms with Gasteiger partial charge in [0.2, 0.25) is 5.76 Å². The molecule has 0 aliphatic carbocycles. The van der Waals surface area contributed by atoms with Gasteiger partial charge in [-0.05, 0) is 46.3 Å². The minimum absolute atomic E-state index is 0.00606. The molecule has 0 aliphatic rings. The second-order valence-electron chi connectivity index (χ2n) is 4.97. The van der Waals surface area contributed by atoms with E-state index in [0.29, 0.717) is 4.67 Å². The molecule has 0 saturated carbocycles. The molecule has 27 heavy (non-hydrogen) atoms. The first-order valence-electron chi connectivity index (χ1n) is 7.38. The van der Waals surface area contributed by atoms with Crippen LogP contribution in [-0.2, 0) is 19.0 Å². The van der Waals surface area contributed by atoms with Crippen LogP contribution in [0.3, 0.4) is 0 Å². The summed E-state index contributed by atoms with van der Waals surface area (Å²) in [5.41, 5.74) is 0.129. The quantitative estimate of drug-likeness (QED) is 0.537. The number of amides is 1. The molecule has 0 atom stereocenters. The minimum atomic E-state index is -0.840. The number of carbonyl (C=O) groups is 4. The summed E-state index contributed by atoms with van der Waals surface area (Å²) in [6.07, 6.45) is 0. The Morgan fingerprint density at radius 1 is 1.00 bits per heavy atom. The average Bonchev–Trinajstić information content (AvgIpc) is 3.11. The first-order chi connectivity index (χ1) is 12.8. The lowest BCUT2D eigenvalue weighted by molar-refractivity contribution is -0.119. The predicted octanol–water partition coefficient (Wildman–Crippen LogP) is 2.41. The van der Waals surface area contributed by atoms with Gasteiger partial charge >= 0.3 is 17.9 Å². The number of methoxy groups -OCH3 is 2. The monoisotopic (exact) mass is 439 g/mol. The number of carbonyl (C=O) groups excluding carboxylic acids is 4. The van der Waals surface area contributed by atoms with Gasteiger partial charge in [0.1, 0.15) is 0 Å². The maximum Gasteiger partial charge on any atom is 0.374 e. The Hall–Kier alpha value is -3.14. The molecule has 1 heterocycles. The number of rotatable bonds is 6. The van der Waals surface area contributed by atoms with Gasteiger partial charge in [0.15, 0.2) is 11.3 Å². The summed E-state index contributed by atoms with van der Waals surface area (Å²) in [5, 5.41) is 2.39. The molecule has 0 fully saturated rings. The van der Waals surface area contributed by atoms with E-state index >= 15 is 0 Å². The number of hydrogen-bond acceptors (Lipinski definition) is 8. The zero-order valence-electron chi connectivity index (χ0n) is 14.2. The van der Waals surface area contributed by atoms with Crippen LogP contribution in [0.25, 0.3) is 0 Å². The van der Waals surface area contributed by atoms with Crippen LogP contribution in [0.1, 0.15) is 31.3 Å². The third-order valence-corrected chi connectivity index (χ3v) is 3.66. The Morgan fingerprint density at radius 3 is 2.30 bits per heavy atom.